The van der Waals surface area contributed by atoms with Gasteiger partial charge in [0.25, 0.3) is 15.9 Å². The van der Waals surface area contributed by atoms with E-state index in [2.05, 4.69) is 5.43 Å². The van der Waals surface area contributed by atoms with Gasteiger partial charge < -0.3 is 4.74 Å². The number of rotatable bonds is 6. The Hall–Kier alpha value is -2.71. The zero-order chi connectivity index (χ0) is 18.4. The highest BCUT2D eigenvalue weighted by molar-refractivity contribution is 7.89. The molecule has 0 aliphatic carbocycles. The molecule has 0 aliphatic heterocycles. The molecule has 0 aliphatic rings. The van der Waals surface area contributed by atoms with E-state index in [0.717, 1.165) is 5.56 Å². The van der Waals surface area contributed by atoms with Gasteiger partial charge in [-0.05, 0) is 50.2 Å². The Morgan fingerprint density at radius 3 is 2.08 bits per heavy atom. The monoisotopic (exact) mass is 362 g/mol. The number of benzene rings is 2. The highest BCUT2D eigenvalue weighted by Gasteiger charge is 2.17. The van der Waals surface area contributed by atoms with Crippen LogP contribution < -0.4 is 10.3 Å². The Morgan fingerprint density at radius 1 is 0.960 bits per heavy atom. The molecule has 0 spiro atoms. The lowest BCUT2D eigenvalue weighted by Gasteiger charge is -2.09. The molecule has 0 heterocycles. The number of sulfonamides is 1. The van der Waals surface area contributed by atoms with E-state index in [9.17, 15) is 18.0 Å². The van der Waals surface area contributed by atoms with Crippen molar-refractivity contribution in [2.24, 2.45) is 0 Å². The van der Waals surface area contributed by atoms with Crippen LogP contribution in [0.15, 0.2) is 53.4 Å². The van der Waals surface area contributed by atoms with Crippen LogP contribution in [0.3, 0.4) is 0 Å². The van der Waals surface area contributed by atoms with Gasteiger partial charge >= 0.3 is 5.97 Å². The third kappa shape index (κ3) is 4.88. The quantitative estimate of drug-likeness (QED) is 0.603. The average Bonchev–Trinajstić information content (AvgIpc) is 2.61. The summed E-state index contributed by atoms with van der Waals surface area (Å²) in [5.74, 6) is -1.11. The molecule has 2 N–H and O–H groups in total. The molecule has 0 saturated carbocycles. The molecule has 1 amide bonds. The van der Waals surface area contributed by atoms with Gasteiger partial charge in [0, 0.05) is 5.56 Å². The summed E-state index contributed by atoms with van der Waals surface area (Å²) in [5, 5.41) is 0. The van der Waals surface area contributed by atoms with Gasteiger partial charge in [-0.3, -0.25) is 10.2 Å². The van der Waals surface area contributed by atoms with Crippen molar-refractivity contribution in [1.29, 1.82) is 0 Å². The number of esters is 1. The summed E-state index contributed by atoms with van der Waals surface area (Å²) >= 11 is 0. The molecule has 0 saturated heterocycles. The van der Waals surface area contributed by atoms with E-state index in [-0.39, 0.29) is 17.1 Å². The van der Waals surface area contributed by atoms with E-state index in [4.69, 9.17) is 4.74 Å². The number of carbonyl (C=O) groups is 2. The van der Waals surface area contributed by atoms with Crippen molar-refractivity contribution in [3.63, 3.8) is 0 Å². The fourth-order valence-electron chi connectivity index (χ4n) is 1.93. The van der Waals surface area contributed by atoms with Crippen LogP contribution in [0.1, 0.15) is 33.2 Å². The van der Waals surface area contributed by atoms with Crippen molar-refractivity contribution < 1.29 is 22.7 Å². The third-order valence-corrected chi connectivity index (χ3v) is 4.55. The van der Waals surface area contributed by atoms with Crippen molar-refractivity contribution in [1.82, 2.24) is 10.3 Å². The lowest BCUT2D eigenvalue weighted by molar-refractivity contribution is 0.0526. The Morgan fingerprint density at radius 2 is 1.52 bits per heavy atom. The number of amides is 1. The number of ether oxygens (including phenoxy) is 1. The fourth-order valence-corrected chi connectivity index (χ4v) is 2.77. The molecule has 8 heteroatoms. The van der Waals surface area contributed by atoms with Crippen LogP contribution in [0.2, 0.25) is 0 Å². The first kappa shape index (κ1) is 18.6. The second-order valence-electron chi connectivity index (χ2n) is 5.17. The van der Waals surface area contributed by atoms with E-state index in [0.29, 0.717) is 5.56 Å². The lowest BCUT2D eigenvalue weighted by atomic mass is 10.1. The summed E-state index contributed by atoms with van der Waals surface area (Å²) in [4.78, 5) is 25.4. The fraction of sp³-hybridized carbons (Fsp3) is 0.176. The third-order valence-electron chi connectivity index (χ3n) is 3.29. The molecule has 0 unspecified atom stereocenters. The smallest absolute Gasteiger partial charge is 0.338 e. The second-order valence-corrected chi connectivity index (χ2v) is 6.85. The topological polar surface area (TPSA) is 102 Å². The molecular formula is C17H18N2O5S. The van der Waals surface area contributed by atoms with Gasteiger partial charge in [-0.2, -0.15) is 0 Å². The molecule has 0 fully saturated rings. The standard InChI is InChI=1S/C17H18N2O5S/c1-3-24-17(21)14-8-10-15(11-9-14)25(22,23)19-18-16(20)13-6-4-12(2)5-7-13/h4-11,19H,3H2,1-2H3,(H,18,20). The van der Waals surface area contributed by atoms with Crippen LogP contribution in [-0.4, -0.2) is 26.9 Å². The molecular weight excluding hydrogens is 344 g/mol. The van der Waals surface area contributed by atoms with Crippen LogP contribution >= 0.6 is 0 Å². The van der Waals surface area contributed by atoms with Gasteiger partial charge in [0.1, 0.15) is 0 Å². The zero-order valence-electron chi connectivity index (χ0n) is 13.8. The predicted octanol–water partition coefficient (Wildman–Crippen LogP) is 1.80. The number of hydrogen-bond donors (Lipinski definition) is 2. The predicted molar refractivity (Wildman–Crippen MR) is 91.4 cm³/mol. The first-order chi connectivity index (χ1) is 11.8. The number of hydrogen-bond acceptors (Lipinski definition) is 5. The van der Waals surface area contributed by atoms with Gasteiger partial charge in [0.2, 0.25) is 0 Å². The summed E-state index contributed by atoms with van der Waals surface area (Å²) in [6.07, 6.45) is 0. The van der Waals surface area contributed by atoms with E-state index in [1.165, 1.54) is 24.3 Å². The van der Waals surface area contributed by atoms with Crippen molar-refractivity contribution >= 4 is 21.9 Å². The Kier molecular flexibility index (Phi) is 5.89. The summed E-state index contributed by atoms with van der Waals surface area (Å²) < 4.78 is 29.2. The summed E-state index contributed by atoms with van der Waals surface area (Å²) in [6, 6.07) is 11.9. The van der Waals surface area contributed by atoms with E-state index in [1.807, 2.05) is 11.8 Å². The van der Waals surface area contributed by atoms with Gasteiger partial charge in [-0.1, -0.05) is 17.7 Å². The van der Waals surface area contributed by atoms with Gasteiger partial charge in [-0.15, -0.1) is 4.83 Å². The van der Waals surface area contributed by atoms with Crippen molar-refractivity contribution in [2.45, 2.75) is 18.7 Å². The van der Waals surface area contributed by atoms with Crippen LogP contribution in [0.25, 0.3) is 0 Å². The maximum absolute atomic E-state index is 12.2. The zero-order valence-corrected chi connectivity index (χ0v) is 14.6. The van der Waals surface area contributed by atoms with E-state index >= 15 is 0 Å². The molecule has 2 aromatic rings. The van der Waals surface area contributed by atoms with E-state index in [1.54, 1.807) is 31.2 Å². The highest BCUT2D eigenvalue weighted by atomic mass is 32.2. The molecule has 25 heavy (non-hydrogen) atoms. The summed E-state index contributed by atoms with van der Waals surface area (Å²) in [7, 11) is -3.96. The van der Waals surface area contributed by atoms with Crippen LogP contribution in [0.5, 0.6) is 0 Å². The van der Waals surface area contributed by atoms with Crippen molar-refractivity contribution in [3.8, 4) is 0 Å². The van der Waals surface area contributed by atoms with Gasteiger partial charge in [0.15, 0.2) is 0 Å². The first-order valence-corrected chi connectivity index (χ1v) is 8.98. The number of carbonyl (C=O) groups excluding carboxylic acids is 2. The van der Waals surface area contributed by atoms with Crippen molar-refractivity contribution in [3.05, 3.63) is 65.2 Å². The van der Waals surface area contributed by atoms with Crippen LogP contribution in [0.4, 0.5) is 0 Å². The molecule has 0 aromatic heterocycles. The molecule has 0 radical (unpaired) electrons. The number of hydrazine groups is 1. The maximum atomic E-state index is 12.2. The minimum absolute atomic E-state index is 0.0928. The van der Waals surface area contributed by atoms with Crippen molar-refractivity contribution in [2.75, 3.05) is 6.61 Å². The Bertz CT molecular complexity index is 859. The minimum Gasteiger partial charge on any atom is -0.462 e. The number of aryl methyl sites for hydroxylation is 1. The van der Waals surface area contributed by atoms with E-state index < -0.39 is 21.9 Å². The largest absolute Gasteiger partial charge is 0.462 e. The average molecular weight is 362 g/mol. The minimum atomic E-state index is -3.96. The summed E-state index contributed by atoms with van der Waals surface area (Å²) in [6.45, 7) is 3.78. The van der Waals surface area contributed by atoms with Gasteiger partial charge in [-0.25, -0.2) is 13.2 Å². The van der Waals surface area contributed by atoms with Gasteiger partial charge in [0.05, 0.1) is 17.1 Å². The Balaban J connectivity index is 2.04. The molecule has 2 rings (SSSR count). The molecule has 2 aromatic carbocycles. The lowest BCUT2D eigenvalue weighted by Crippen LogP contribution is -2.41. The Labute approximate surface area is 146 Å². The maximum Gasteiger partial charge on any atom is 0.338 e. The van der Waals surface area contributed by atoms with Crippen LogP contribution in [-0.2, 0) is 14.8 Å². The molecule has 0 bridgehead atoms. The normalized spacial score (nSPS) is 11.0. The number of nitrogens with one attached hydrogen (secondary N) is 2. The first-order valence-electron chi connectivity index (χ1n) is 7.49. The second kappa shape index (κ2) is 7.91. The molecule has 132 valence electrons. The highest BCUT2D eigenvalue weighted by Crippen LogP contribution is 2.11. The summed E-state index contributed by atoms with van der Waals surface area (Å²) in [5.41, 5.74) is 3.70. The molecule has 7 nitrogen and oxygen atoms in total. The van der Waals surface area contributed by atoms with Crippen LogP contribution in [0, 0.1) is 6.92 Å². The molecule has 0 atom stereocenters. The SMILES string of the molecule is CCOC(=O)c1ccc(S(=O)(=O)NNC(=O)c2ccc(C)cc2)cc1.